The van der Waals surface area contributed by atoms with Gasteiger partial charge < -0.3 is 15.0 Å². The first kappa shape index (κ1) is 18.7. The van der Waals surface area contributed by atoms with Gasteiger partial charge in [-0.2, -0.15) is 0 Å². The van der Waals surface area contributed by atoms with Crippen molar-refractivity contribution in [1.29, 1.82) is 0 Å². The Balaban J connectivity index is 1.43. The van der Waals surface area contributed by atoms with Gasteiger partial charge in [-0.3, -0.25) is 14.6 Å². The van der Waals surface area contributed by atoms with Crippen molar-refractivity contribution >= 4 is 23.4 Å². The van der Waals surface area contributed by atoms with E-state index in [1.54, 1.807) is 19.2 Å². The van der Waals surface area contributed by atoms with Gasteiger partial charge in [-0.1, -0.05) is 11.6 Å². The van der Waals surface area contributed by atoms with Crippen LogP contribution in [0.3, 0.4) is 0 Å². The Bertz CT molecular complexity index is 724. The molecule has 4 rings (SSSR count). The fraction of sp³-hybridized carbons (Fsp3) is 0.650. The predicted octanol–water partition coefficient (Wildman–Crippen LogP) is 2.52. The van der Waals surface area contributed by atoms with Crippen molar-refractivity contribution in [2.24, 2.45) is 17.8 Å². The smallest absolute Gasteiger partial charge is 0.255 e. The Morgan fingerprint density at radius 3 is 2.70 bits per heavy atom. The molecule has 2 aliphatic carbocycles. The van der Waals surface area contributed by atoms with Crippen molar-refractivity contribution in [2.75, 3.05) is 19.7 Å². The van der Waals surface area contributed by atoms with Crippen LogP contribution in [0.25, 0.3) is 0 Å². The van der Waals surface area contributed by atoms with Crippen LogP contribution in [0.2, 0.25) is 5.02 Å². The molecule has 3 aliphatic rings. The second-order valence-electron chi connectivity index (χ2n) is 8.18. The SMILES string of the molecule is CC(=O)N[C@@H]1C[C@@H]2CN(C(=O)c3ccncc3Cl)C[C@@H]2C[C@H]1OCC1CC1. The Morgan fingerprint density at radius 2 is 2.04 bits per heavy atom. The molecule has 0 aromatic carbocycles. The molecule has 1 saturated heterocycles. The number of ether oxygens (including phenoxy) is 1. The number of carbonyl (C=O) groups is 2. The van der Waals surface area contributed by atoms with Crippen molar-refractivity contribution in [2.45, 2.75) is 44.8 Å². The van der Waals surface area contributed by atoms with Crippen LogP contribution in [0, 0.1) is 17.8 Å². The van der Waals surface area contributed by atoms with E-state index in [4.69, 9.17) is 16.3 Å². The Hall–Kier alpha value is -1.66. The number of likely N-dealkylation sites (tertiary alicyclic amines) is 1. The van der Waals surface area contributed by atoms with Crippen molar-refractivity contribution in [3.05, 3.63) is 29.0 Å². The summed E-state index contributed by atoms with van der Waals surface area (Å²) in [6.45, 7) is 3.76. The second kappa shape index (κ2) is 7.76. The highest BCUT2D eigenvalue weighted by atomic mass is 35.5. The molecule has 1 aromatic heterocycles. The average molecular weight is 392 g/mol. The van der Waals surface area contributed by atoms with Crippen molar-refractivity contribution in [3.63, 3.8) is 0 Å². The van der Waals surface area contributed by atoms with Gasteiger partial charge in [0.05, 0.1) is 22.7 Å². The normalized spacial score (nSPS) is 30.1. The largest absolute Gasteiger partial charge is 0.376 e. The number of aromatic nitrogens is 1. The lowest BCUT2D eigenvalue weighted by atomic mass is 9.77. The first-order chi connectivity index (χ1) is 13.0. The topological polar surface area (TPSA) is 71.5 Å². The monoisotopic (exact) mass is 391 g/mol. The van der Waals surface area contributed by atoms with Crippen LogP contribution >= 0.6 is 11.6 Å². The molecule has 27 heavy (non-hydrogen) atoms. The molecule has 6 nitrogen and oxygen atoms in total. The number of amides is 2. The molecule has 4 atom stereocenters. The molecule has 2 heterocycles. The number of nitrogens with one attached hydrogen (secondary N) is 1. The highest BCUT2D eigenvalue weighted by molar-refractivity contribution is 6.33. The Morgan fingerprint density at radius 1 is 1.30 bits per heavy atom. The zero-order valence-electron chi connectivity index (χ0n) is 15.6. The van der Waals surface area contributed by atoms with E-state index >= 15 is 0 Å². The lowest BCUT2D eigenvalue weighted by Gasteiger charge is -2.38. The third-order valence-corrected chi connectivity index (χ3v) is 6.34. The van der Waals surface area contributed by atoms with Crippen molar-refractivity contribution in [3.8, 4) is 0 Å². The molecule has 1 aliphatic heterocycles. The summed E-state index contributed by atoms with van der Waals surface area (Å²) in [5.74, 6) is 1.42. The van der Waals surface area contributed by atoms with Crippen LogP contribution in [0.4, 0.5) is 0 Å². The van der Waals surface area contributed by atoms with E-state index in [0.717, 1.165) is 26.0 Å². The number of hydrogen-bond donors (Lipinski definition) is 1. The van der Waals surface area contributed by atoms with Crippen LogP contribution in [0.1, 0.15) is 43.0 Å². The zero-order valence-corrected chi connectivity index (χ0v) is 16.3. The number of fused-ring (bicyclic) bond motifs is 1. The third-order valence-electron chi connectivity index (χ3n) is 6.04. The lowest BCUT2D eigenvalue weighted by molar-refractivity contribution is -0.122. The fourth-order valence-corrected chi connectivity index (χ4v) is 4.64. The number of nitrogens with zero attached hydrogens (tertiary/aromatic N) is 2. The quantitative estimate of drug-likeness (QED) is 0.837. The molecule has 1 N–H and O–H groups in total. The molecular weight excluding hydrogens is 366 g/mol. The predicted molar refractivity (Wildman–Crippen MR) is 101 cm³/mol. The summed E-state index contributed by atoms with van der Waals surface area (Å²) in [5.41, 5.74) is 0.505. The minimum atomic E-state index is -0.0386. The second-order valence-corrected chi connectivity index (χ2v) is 8.59. The van der Waals surface area contributed by atoms with Gasteiger partial charge in [0.1, 0.15) is 0 Å². The maximum Gasteiger partial charge on any atom is 0.255 e. The molecule has 146 valence electrons. The molecule has 0 radical (unpaired) electrons. The zero-order chi connectivity index (χ0) is 19.0. The molecule has 3 fully saturated rings. The molecule has 1 aromatic rings. The van der Waals surface area contributed by atoms with E-state index in [1.165, 1.54) is 19.0 Å². The minimum Gasteiger partial charge on any atom is -0.376 e. The summed E-state index contributed by atoms with van der Waals surface area (Å²) in [6, 6.07) is 1.70. The molecule has 0 bridgehead atoms. The number of halogens is 1. The third kappa shape index (κ3) is 4.27. The average Bonchev–Trinajstić information content (AvgIpc) is 3.37. The number of carbonyl (C=O) groups excluding carboxylic acids is 2. The highest BCUT2D eigenvalue weighted by Gasteiger charge is 2.44. The molecule has 7 heteroatoms. The summed E-state index contributed by atoms with van der Waals surface area (Å²) in [7, 11) is 0. The van der Waals surface area contributed by atoms with Crippen LogP contribution in [-0.4, -0.2) is 53.5 Å². The van der Waals surface area contributed by atoms with E-state index in [2.05, 4.69) is 10.3 Å². The van der Waals surface area contributed by atoms with Gasteiger partial charge in [0.15, 0.2) is 0 Å². The van der Waals surface area contributed by atoms with Crippen LogP contribution in [0.5, 0.6) is 0 Å². The molecule has 0 spiro atoms. The summed E-state index contributed by atoms with van der Waals surface area (Å²) < 4.78 is 6.18. The number of rotatable bonds is 5. The summed E-state index contributed by atoms with van der Waals surface area (Å²) in [6.07, 6.45) is 7.37. The molecule has 2 amide bonds. The molecule has 2 saturated carbocycles. The summed E-state index contributed by atoms with van der Waals surface area (Å²) >= 11 is 6.15. The van der Waals surface area contributed by atoms with Gasteiger partial charge in [-0.05, 0) is 49.5 Å². The van der Waals surface area contributed by atoms with Crippen LogP contribution < -0.4 is 5.32 Å². The van der Waals surface area contributed by atoms with Crippen molar-refractivity contribution < 1.29 is 14.3 Å². The molecular formula is C20H26ClN3O3. The number of hydrogen-bond acceptors (Lipinski definition) is 4. The molecule has 0 unspecified atom stereocenters. The highest BCUT2D eigenvalue weighted by Crippen LogP contribution is 2.39. The first-order valence-electron chi connectivity index (χ1n) is 9.78. The van der Waals surface area contributed by atoms with Gasteiger partial charge in [0.25, 0.3) is 5.91 Å². The van der Waals surface area contributed by atoms with E-state index < -0.39 is 0 Å². The van der Waals surface area contributed by atoms with Crippen LogP contribution in [0.15, 0.2) is 18.5 Å². The van der Waals surface area contributed by atoms with Crippen molar-refractivity contribution in [1.82, 2.24) is 15.2 Å². The summed E-state index contributed by atoms with van der Waals surface area (Å²) in [5, 5.41) is 3.46. The maximum absolute atomic E-state index is 12.9. The standard InChI is InChI=1S/C20H26ClN3O3/c1-12(25)23-18-6-14-9-24(20(26)16-4-5-22-8-17(16)21)10-15(14)7-19(18)27-11-13-2-3-13/h4-5,8,13-15,18-19H,2-3,6-7,9-11H2,1H3,(H,23,25)/t14-,15+,18-,19-/m1/s1. The Labute approximate surface area is 164 Å². The van der Waals surface area contributed by atoms with Gasteiger partial charge >= 0.3 is 0 Å². The lowest BCUT2D eigenvalue weighted by Crippen LogP contribution is -2.50. The van der Waals surface area contributed by atoms with Crippen LogP contribution in [-0.2, 0) is 9.53 Å². The van der Waals surface area contributed by atoms with E-state index in [1.807, 2.05) is 4.90 Å². The minimum absolute atomic E-state index is 0.0204. The van der Waals surface area contributed by atoms with E-state index in [-0.39, 0.29) is 24.0 Å². The maximum atomic E-state index is 12.9. The van der Waals surface area contributed by atoms with E-state index in [0.29, 0.717) is 34.9 Å². The van der Waals surface area contributed by atoms with Gasteiger partial charge in [0, 0.05) is 39.0 Å². The van der Waals surface area contributed by atoms with Gasteiger partial charge in [0.2, 0.25) is 5.91 Å². The Kier molecular flexibility index (Phi) is 5.37. The first-order valence-corrected chi connectivity index (χ1v) is 10.2. The van der Waals surface area contributed by atoms with Gasteiger partial charge in [-0.15, -0.1) is 0 Å². The summed E-state index contributed by atoms with van der Waals surface area (Å²) in [4.78, 5) is 30.4. The fourth-order valence-electron chi connectivity index (χ4n) is 4.44. The van der Waals surface area contributed by atoms with E-state index in [9.17, 15) is 9.59 Å². The number of pyridine rings is 1. The van der Waals surface area contributed by atoms with Gasteiger partial charge in [-0.25, -0.2) is 0 Å².